The van der Waals surface area contributed by atoms with Crippen LogP contribution in [-0.2, 0) is 4.74 Å². The summed E-state index contributed by atoms with van der Waals surface area (Å²) in [5, 5.41) is 0. The molecule has 0 amide bonds. The molecule has 0 bridgehead atoms. The predicted octanol–water partition coefficient (Wildman–Crippen LogP) is 2.20. The summed E-state index contributed by atoms with van der Waals surface area (Å²) in [7, 11) is 0. The fourth-order valence-corrected chi connectivity index (χ4v) is 2.53. The molecule has 3 N–H and O–H groups in total. The van der Waals surface area contributed by atoms with Crippen molar-refractivity contribution in [2.45, 2.75) is 32.4 Å². The number of rotatable bonds is 3. The maximum absolute atomic E-state index is 14.0. The molecule has 5 heteroatoms. The summed E-state index contributed by atoms with van der Waals surface area (Å²) < 4.78 is 33.0. The SMILES string of the molecule is Cc1ccc(C(NN)C2CCOC2C)c(F)c1F. The van der Waals surface area contributed by atoms with E-state index < -0.39 is 17.7 Å². The lowest BCUT2D eigenvalue weighted by Crippen LogP contribution is -2.37. The normalized spacial score (nSPS) is 25.4. The van der Waals surface area contributed by atoms with Crippen LogP contribution in [0.2, 0.25) is 0 Å². The number of halogens is 2. The summed E-state index contributed by atoms with van der Waals surface area (Å²) in [4.78, 5) is 0. The van der Waals surface area contributed by atoms with E-state index in [-0.39, 0.29) is 17.6 Å². The highest BCUT2D eigenvalue weighted by Gasteiger charge is 2.34. The Bertz CT molecular complexity index is 439. The molecule has 3 atom stereocenters. The zero-order chi connectivity index (χ0) is 13.3. The van der Waals surface area contributed by atoms with E-state index >= 15 is 0 Å². The topological polar surface area (TPSA) is 47.3 Å². The van der Waals surface area contributed by atoms with Crippen molar-refractivity contribution in [3.05, 3.63) is 34.9 Å². The molecule has 0 aliphatic carbocycles. The van der Waals surface area contributed by atoms with Crippen LogP contribution < -0.4 is 11.3 Å². The van der Waals surface area contributed by atoms with Crippen molar-refractivity contribution in [1.29, 1.82) is 0 Å². The number of aryl methyl sites for hydroxylation is 1. The molecule has 100 valence electrons. The molecule has 2 rings (SSSR count). The van der Waals surface area contributed by atoms with Crippen LogP contribution in [0, 0.1) is 24.5 Å². The van der Waals surface area contributed by atoms with Crippen LogP contribution in [0.15, 0.2) is 12.1 Å². The fraction of sp³-hybridized carbons (Fsp3) is 0.538. The number of ether oxygens (including phenoxy) is 1. The number of hydrogen-bond acceptors (Lipinski definition) is 3. The highest BCUT2D eigenvalue weighted by atomic mass is 19.2. The molecule has 1 aliphatic rings. The molecule has 1 aliphatic heterocycles. The van der Waals surface area contributed by atoms with Gasteiger partial charge in [-0.05, 0) is 25.8 Å². The Morgan fingerprint density at radius 1 is 1.39 bits per heavy atom. The first-order valence-electron chi connectivity index (χ1n) is 6.08. The van der Waals surface area contributed by atoms with E-state index in [4.69, 9.17) is 10.6 Å². The number of benzene rings is 1. The molecule has 18 heavy (non-hydrogen) atoms. The van der Waals surface area contributed by atoms with Gasteiger partial charge in [-0.15, -0.1) is 0 Å². The van der Waals surface area contributed by atoms with Gasteiger partial charge >= 0.3 is 0 Å². The van der Waals surface area contributed by atoms with Crippen LogP contribution in [0.25, 0.3) is 0 Å². The third-order valence-corrected chi connectivity index (χ3v) is 3.68. The molecule has 0 saturated carbocycles. The van der Waals surface area contributed by atoms with Crippen molar-refractivity contribution in [3.63, 3.8) is 0 Å². The lowest BCUT2D eigenvalue weighted by Gasteiger charge is -2.26. The molecule has 1 fully saturated rings. The Hall–Kier alpha value is -1.04. The minimum atomic E-state index is -0.822. The van der Waals surface area contributed by atoms with Gasteiger partial charge in [0.2, 0.25) is 0 Å². The number of nitrogens with one attached hydrogen (secondary N) is 1. The molecular weight excluding hydrogens is 238 g/mol. The number of nitrogens with two attached hydrogens (primary N) is 1. The smallest absolute Gasteiger partial charge is 0.163 e. The zero-order valence-electron chi connectivity index (χ0n) is 10.5. The fourth-order valence-electron chi connectivity index (χ4n) is 2.53. The average Bonchev–Trinajstić information content (AvgIpc) is 2.77. The molecule has 0 aromatic heterocycles. The Kier molecular flexibility index (Phi) is 3.94. The van der Waals surface area contributed by atoms with Crippen molar-refractivity contribution < 1.29 is 13.5 Å². The minimum Gasteiger partial charge on any atom is -0.378 e. The summed E-state index contributed by atoms with van der Waals surface area (Å²) in [6.07, 6.45) is 0.764. The number of hydrogen-bond donors (Lipinski definition) is 2. The molecule has 1 saturated heterocycles. The van der Waals surface area contributed by atoms with E-state index in [0.29, 0.717) is 12.2 Å². The largest absolute Gasteiger partial charge is 0.378 e. The molecule has 0 radical (unpaired) electrons. The third kappa shape index (κ3) is 2.25. The molecular formula is C13H18F2N2O. The minimum absolute atomic E-state index is 0.0187. The first kappa shape index (κ1) is 13.4. The van der Waals surface area contributed by atoms with Crippen LogP contribution in [0.1, 0.15) is 30.5 Å². The Morgan fingerprint density at radius 2 is 2.11 bits per heavy atom. The van der Waals surface area contributed by atoms with Gasteiger partial charge < -0.3 is 4.74 Å². The van der Waals surface area contributed by atoms with Gasteiger partial charge in [0, 0.05) is 18.1 Å². The van der Waals surface area contributed by atoms with E-state index in [0.717, 1.165) is 6.42 Å². The predicted molar refractivity (Wildman–Crippen MR) is 64.7 cm³/mol. The summed E-state index contributed by atoms with van der Waals surface area (Å²) in [5.74, 6) is 3.93. The van der Waals surface area contributed by atoms with Gasteiger partial charge in [-0.25, -0.2) is 8.78 Å². The van der Waals surface area contributed by atoms with Gasteiger partial charge in [-0.1, -0.05) is 12.1 Å². The quantitative estimate of drug-likeness (QED) is 0.644. The maximum atomic E-state index is 14.0. The second-order valence-electron chi connectivity index (χ2n) is 4.77. The van der Waals surface area contributed by atoms with Gasteiger partial charge in [0.1, 0.15) is 0 Å². The third-order valence-electron chi connectivity index (χ3n) is 3.68. The monoisotopic (exact) mass is 256 g/mol. The van der Waals surface area contributed by atoms with Crippen molar-refractivity contribution in [3.8, 4) is 0 Å². The molecule has 0 spiro atoms. The van der Waals surface area contributed by atoms with Gasteiger partial charge in [0.25, 0.3) is 0 Å². The molecule has 3 nitrogen and oxygen atoms in total. The summed E-state index contributed by atoms with van der Waals surface area (Å²) in [6.45, 7) is 4.08. The van der Waals surface area contributed by atoms with Crippen LogP contribution in [0.4, 0.5) is 8.78 Å². The van der Waals surface area contributed by atoms with Crippen molar-refractivity contribution in [2.24, 2.45) is 11.8 Å². The van der Waals surface area contributed by atoms with E-state index in [2.05, 4.69) is 5.43 Å². The average molecular weight is 256 g/mol. The maximum Gasteiger partial charge on any atom is 0.163 e. The summed E-state index contributed by atoms with van der Waals surface area (Å²) in [6, 6.07) is 2.72. The van der Waals surface area contributed by atoms with E-state index in [9.17, 15) is 8.78 Å². The summed E-state index contributed by atoms with van der Waals surface area (Å²) in [5.41, 5.74) is 3.15. The molecule has 1 heterocycles. The number of hydrazine groups is 1. The first-order valence-corrected chi connectivity index (χ1v) is 6.08. The Morgan fingerprint density at radius 3 is 2.67 bits per heavy atom. The van der Waals surface area contributed by atoms with Gasteiger partial charge in [-0.2, -0.15) is 0 Å². The zero-order valence-corrected chi connectivity index (χ0v) is 10.5. The molecule has 1 aromatic rings. The lowest BCUT2D eigenvalue weighted by molar-refractivity contribution is 0.0948. The van der Waals surface area contributed by atoms with Gasteiger partial charge in [0.05, 0.1) is 12.1 Å². The van der Waals surface area contributed by atoms with E-state index in [1.54, 1.807) is 12.1 Å². The highest BCUT2D eigenvalue weighted by Crippen LogP contribution is 2.34. The van der Waals surface area contributed by atoms with Crippen molar-refractivity contribution in [2.75, 3.05) is 6.61 Å². The molecule has 3 unspecified atom stereocenters. The highest BCUT2D eigenvalue weighted by molar-refractivity contribution is 5.28. The van der Waals surface area contributed by atoms with Crippen LogP contribution in [-0.4, -0.2) is 12.7 Å². The second-order valence-corrected chi connectivity index (χ2v) is 4.77. The van der Waals surface area contributed by atoms with E-state index in [1.807, 2.05) is 6.92 Å². The first-order chi connectivity index (χ1) is 8.56. The Balaban J connectivity index is 2.36. The Labute approximate surface area is 105 Å². The van der Waals surface area contributed by atoms with Crippen LogP contribution in [0.3, 0.4) is 0 Å². The van der Waals surface area contributed by atoms with Crippen LogP contribution in [0.5, 0.6) is 0 Å². The molecule has 1 aromatic carbocycles. The van der Waals surface area contributed by atoms with Crippen molar-refractivity contribution in [1.82, 2.24) is 5.43 Å². The second kappa shape index (κ2) is 5.30. The summed E-state index contributed by atoms with van der Waals surface area (Å²) >= 11 is 0. The van der Waals surface area contributed by atoms with Crippen LogP contribution >= 0.6 is 0 Å². The lowest BCUT2D eigenvalue weighted by atomic mass is 9.88. The van der Waals surface area contributed by atoms with Gasteiger partial charge in [-0.3, -0.25) is 11.3 Å². The standard InChI is InChI=1S/C13H18F2N2O/c1-7-3-4-10(12(15)11(7)14)13(17-16)9-5-6-18-8(9)2/h3-4,8-9,13,17H,5-6,16H2,1-2H3. The van der Waals surface area contributed by atoms with Gasteiger partial charge in [0.15, 0.2) is 11.6 Å². The van der Waals surface area contributed by atoms with Crippen molar-refractivity contribution >= 4 is 0 Å². The van der Waals surface area contributed by atoms with E-state index in [1.165, 1.54) is 6.92 Å².